The van der Waals surface area contributed by atoms with E-state index in [4.69, 9.17) is 5.11 Å². The minimum atomic E-state index is -0.716. The highest BCUT2D eigenvalue weighted by atomic mass is 16.4. The Balaban J connectivity index is 2.64. The number of rotatable bonds is 4. The third-order valence-corrected chi connectivity index (χ3v) is 2.65. The Morgan fingerprint density at radius 2 is 2.00 bits per heavy atom. The zero-order chi connectivity index (χ0) is 12.2. The standard InChI is InChI=1S/C14H20O2/c1-14(2,3)12-8-4-6-11(10-12)7-5-9-13(15)16/h4,6,8,10H,5,7,9H2,1-3H3,(H,15,16). The fraction of sp³-hybridized carbons (Fsp3) is 0.500. The van der Waals surface area contributed by atoms with Gasteiger partial charge in [0, 0.05) is 6.42 Å². The van der Waals surface area contributed by atoms with Gasteiger partial charge in [0.2, 0.25) is 0 Å². The molecule has 1 aromatic rings. The smallest absolute Gasteiger partial charge is 0.303 e. The maximum atomic E-state index is 10.4. The van der Waals surface area contributed by atoms with Crippen LogP contribution < -0.4 is 0 Å². The van der Waals surface area contributed by atoms with E-state index in [2.05, 4.69) is 45.0 Å². The van der Waals surface area contributed by atoms with Gasteiger partial charge in [0.05, 0.1) is 0 Å². The van der Waals surface area contributed by atoms with Crippen molar-refractivity contribution in [2.24, 2.45) is 0 Å². The monoisotopic (exact) mass is 220 g/mol. The summed E-state index contributed by atoms with van der Waals surface area (Å²) in [6.45, 7) is 6.55. The lowest BCUT2D eigenvalue weighted by Crippen LogP contribution is -2.11. The number of carboxylic acids is 1. The van der Waals surface area contributed by atoms with Crippen LogP contribution >= 0.6 is 0 Å². The van der Waals surface area contributed by atoms with E-state index in [-0.39, 0.29) is 11.8 Å². The predicted molar refractivity (Wildman–Crippen MR) is 65.7 cm³/mol. The summed E-state index contributed by atoms with van der Waals surface area (Å²) in [6.07, 6.45) is 1.80. The van der Waals surface area contributed by atoms with Crippen LogP contribution in [0.1, 0.15) is 44.7 Å². The molecule has 0 bridgehead atoms. The minimum Gasteiger partial charge on any atom is -0.481 e. The summed E-state index contributed by atoms with van der Waals surface area (Å²) >= 11 is 0. The minimum absolute atomic E-state index is 0.156. The molecular weight excluding hydrogens is 200 g/mol. The molecule has 0 aliphatic rings. The Morgan fingerprint density at radius 1 is 1.31 bits per heavy atom. The van der Waals surface area contributed by atoms with Crippen LogP contribution in [0, 0.1) is 0 Å². The Kier molecular flexibility index (Phi) is 4.11. The molecule has 2 heteroatoms. The van der Waals surface area contributed by atoms with Crippen LogP contribution in [0.2, 0.25) is 0 Å². The average molecular weight is 220 g/mol. The van der Waals surface area contributed by atoms with Crippen molar-refractivity contribution >= 4 is 5.97 Å². The molecule has 0 aliphatic carbocycles. The number of aryl methyl sites for hydroxylation is 1. The van der Waals surface area contributed by atoms with Gasteiger partial charge >= 0.3 is 5.97 Å². The van der Waals surface area contributed by atoms with E-state index in [0.717, 1.165) is 6.42 Å². The first-order valence-electron chi connectivity index (χ1n) is 5.71. The number of hydrogen-bond acceptors (Lipinski definition) is 1. The molecule has 0 aromatic heterocycles. The summed E-state index contributed by atoms with van der Waals surface area (Å²) < 4.78 is 0. The van der Waals surface area contributed by atoms with Gasteiger partial charge in [-0.2, -0.15) is 0 Å². The Bertz CT molecular complexity index is 361. The van der Waals surface area contributed by atoms with Gasteiger partial charge in [-0.15, -0.1) is 0 Å². The molecule has 0 heterocycles. The molecule has 0 aliphatic heterocycles. The molecule has 0 spiro atoms. The van der Waals surface area contributed by atoms with Crippen molar-refractivity contribution in [2.75, 3.05) is 0 Å². The SMILES string of the molecule is CC(C)(C)c1cccc(CCCC(=O)O)c1. The van der Waals surface area contributed by atoms with Crippen LogP contribution in [-0.4, -0.2) is 11.1 Å². The summed E-state index contributed by atoms with van der Waals surface area (Å²) in [5, 5.41) is 8.58. The molecule has 1 rings (SSSR count). The second-order valence-electron chi connectivity index (χ2n) is 5.20. The van der Waals surface area contributed by atoms with E-state index in [1.54, 1.807) is 0 Å². The second-order valence-corrected chi connectivity index (χ2v) is 5.20. The number of carboxylic acid groups (broad SMARTS) is 1. The molecule has 1 aromatic carbocycles. The van der Waals surface area contributed by atoms with Crippen LogP contribution in [0.4, 0.5) is 0 Å². The summed E-state index contributed by atoms with van der Waals surface area (Å²) in [6, 6.07) is 8.43. The highest BCUT2D eigenvalue weighted by Crippen LogP contribution is 2.23. The van der Waals surface area contributed by atoms with Gasteiger partial charge in [-0.25, -0.2) is 0 Å². The molecule has 0 atom stereocenters. The molecule has 0 unspecified atom stereocenters. The highest BCUT2D eigenvalue weighted by Gasteiger charge is 2.13. The van der Waals surface area contributed by atoms with Gasteiger partial charge in [0.15, 0.2) is 0 Å². The average Bonchev–Trinajstić information content (AvgIpc) is 2.16. The largest absolute Gasteiger partial charge is 0.481 e. The van der Waals surface area contributed by atoms with Gasteiger partial charge < -0.3 is 5.11 Å². The summed E-state index contributed by atoms with van der Waals surface area (Å²) in [7, 11) is 0. The quantitative estimate of drug-likeness (QED) is 0.844. The van der Waals surface area contributed by atoms with Crippen LogP contribution in [0.5, 0.6) is 0 Å². The zero-order valence-corrected chi connectivity index (χ0v) is 10.3. The predicted octanol–water partition coefficient (Wildman–Crippen LogP) is 3.39. The van der Waals surface area contributed by atoms with E-state index >= 15 is 0 Å². The van der Waals surface area contributed by atoms with Crippen LogP contribution in [-0.2, 0) is 16.6 Å². The Hall–Kier alpha value is -1.31. The van der Waals surface area contributed by atoms with Crippen LogP contribution in [0.15, 0.2) is 24.3 Å². The molecule has 2 nitrogen and oxygen atoms in total. The van der Waals surface area contributed by atoms with Gasteiger partial charge in [0.25, 0.3) is 0 Å². The van der Waals surface area contributed by atoms with Crippen molar-refractivity contribution in [3.8, 4) is 0 Å². The summed E-state index contributed by atoms with van der Waals surface area (Å²) in [5.41, 5.74) is 2.69. The number of hydrogen-bond donors (Lipinski definition) is 1. The first-order valence-corrected chi connectivity index (χ1v) is 5.71. The van der Waals surface area contributed by atoms with Gasteiger partial charge in [-0.3, -0.25) is 4.79 Å². The first kappa shape index (κ1) is 12.8. The lowest BCUT2D eigenvalue weighted by Gasteiger charge is -2.19. The van der Waals surface area contributed by atoms with Crippen molar-refractivity contribution in [2.45, 2.75) is 45.4 Å². The van der Waals surface area contributed by atoms with Crippen molar-refractivity contribution in [1.29, 1.82) is 0 Å². The summed E-state index contributed by atoms with van der Waals surface area (Å²) in [4.78, 5) is 10.4. The van der Waals surface area contributed by atoms with E-state index in [0.29, 0.717) is 6.42 Å². The molecule has 0 fully saturated rings. The molecule has 0 saturated heterocycles. The van der Waals surface area contributed by atoms with Gasteiger partial charge in [-0.05, 0) is 29.4 Å². The van der Waals surface area contributed by atoms with Crippen molar-refractivity contribution in [3.63, 3.8) is 0 Å². The second kappa shape index (κ2) is 5.15. The highest BCUT2D eigenvalue weighted by molar-refractivity contribution is 5.66. The zero-order valence-electron chi connectivity index (χ0n) is 10.3. The van der Waals surface area contributed by atoms with Gasteiger partial charge in [-0.1, -0.05) is 45.0 Å². The van der Waals surface area contributed by atoms with Crippen LogP contribution in [0.3, 0.4) is 0 Å². The summed E-state index contributed by atoms with van der Waals surface area (Å²) in [5.74, 6) is -0.716. The number of carbonyl (C=O) groups is 1. The van der Waals surface area contributed by atoms with Crippen molar-refractivity contribution in [1.82, 2.24) is 0 Å². The normalized spacial score (nSPS) is 11.4. The van der Waals surface area contributed by atoms with E-state index in [1.807, 2.05) is 0 Å². The van der Waals surface area contributed by atoms with Crippen molar-refractivity contribution < 1.29 is 9.90 Å². The molecule has 16 heavy (non-hydrogen) atoms. The van der Waals surface area contributed by atoms with E-state index < -0.39 is 5.97 Å². The third kappa shape index (κ3) is 4.05. The maximum absolute atomic E-state index is 10.4. The Morgan fingerprint density at radius 3 is 2.56 bits per heavy atom. The van der Waals surface area contributed by atoms with E-state index in [9.17, 15) is 4.79 Å². The molecule has 88 valence electrons. The topological polar surface area (TPSA) is 37.3 Å². The lowest BCUT2D eigenvalue weighted by molar-refractivity contribution is -0.137. The number of benzene rings is 1. The van der Waals surface area contributed by atoms with Gasteiger partial charge in [0.1, 0.15) is 0 Å². The molecule has 1 N–H and O–H groups in total. The molecule has 0 radical (unpaired) electrons. The van der Waals surface area contributed by atoms with Crippen molar-refractivity contribution in [3.05, 3.63) is 35.4 Å². The number of aliphatic carboxylic acids is 1. The molecular formula is C14H20O2. The first-order chi connectivity index (χ1) is 7.39. The third-order valence-electron chi connectivity index (χ3n) is 2.65. The Labute approximate surface area is 97.3 Å². The molecule has 0 saturated carbocycles. The van der Waals surface area contributed by atoms with Crippen LogP contribution in [0.25, 0.3) is 0 Å². The van der Waals surface area contributed by atoms with E-state index in [1.165, 1.54) is 11.1 Å². The fourth-order valence-electron chi connectivity index (χ4n) is 1.64. The molecule has 0 amide bonds. The maximum Gasteiger partial charge on any atom is 0.303 e. The lowest BCUT2D eigenvalue weighted by atomic mass is 9.86. The fourth-order valence-corrected chi connectivity index (χ4v) is 1.64.